The van der Waals surface area contributed by atoms with E-state index < -0.39 is 6.10 Å². The molecular formula is C14H20FNO. The van der Waals surface area contributed by atoms with Crippen LogP contribution in [0.2, 0.25) is 0 Å². The molecule has 2 rings (SSSR count). The van der Waals surface area contributed by atoms with E-state index in [1.165, 1.54) is 18.9 Å². The molecule has 1 N–H and O–H groups in total. The molecule has 0 saturated heterocycles. The Bertz CT molecular complexity index is 365. The van der Waals surface area contributed by atoms with Crippen molar-refractivity contribution >= 4 is 0 Å². The topological polar surface area (TPSA) is 23.5 Å². The lowest BCUT2D eigenvalue weighted by molar-refractivity contribution is 0.138. The summed E-state index contributed by atoms with van der Waals surface area (Å²) in [7, 11) is 0. The maximum absolute atomic E-state index is 13.4. The van der Waals surface area contributed by atoms with Crippen molar-refractivity contribution in [2.24, 2.45) is 0 Å². The minimum Gasteiger partial charge on any atom is -0.388 e. The van der Waals surface area contributed by atoms with Crippen LogP contribution < -0.4 is 0 Å². The summed E-state index contributed by atoms with van der Waals surface area (Å²) in [5.41, 5.74) is 0.416. The normalized spacial score (nSPS) is 17.4. The first-order valence-corrected chi connectivity index (χ1v) is 6.39. The zero-order chi connectivity index (χ0) is 12.3. The van der Waals surface area contributed by atoms with Gasteiger partial charge in [-0.05, 0) is 31.9 Å². The van der Waals surface area contributed by atoms with Crippen molar-refractivity contribution in [2.75, 3.05) is 13.1 Å². The summed E-state index contributed by atoms with van der Waals surface area (Å²) in [6, 6.07) is 7.17. The van der Waals surface area contributed by atoms with E-state index in [4.69, 9.17) is 0 Å². The van der Waals surface area contributed by atoms with E-state index in [0.29, 0.717) is 18.0 Å². The number of aliphatic hydroxyl groups is 1. The number of benzene rings is 1. The van der Waals surface area contributed by atoms with Gasteiger partial charge in [-0.1, -0.05) is 25.1 Å². The van der Waals surface area contributed by atoms with Crippen LogP contribution in [-0.4, -0.2) is 29.1 Å². The molecule has 1 aromatic rings. The summed E-state index contributed by atoms with van der Waals surface area (Å²) in [6.07, 6.45) is 2.45. The Morgan fingerprint density at radius 3 is 2.71 bits per heavy atom. The van der Waals surface area contributed by atoms with Crippen LogP contribution in [0.5, 0.6) is 0 Å². The van der Waals surface area contributed by atoms with Gasteiger partial charge in [-0.3, -0.25) is 0 Å². The minimum atomic E-state index is -0.691. The summed E-state index contributed by atoms with van der Waals surface area (Å²) in [4.78, 5) is 2.37. The third-order valence-corrected chi connectivity index (χ3v) is 3.42. The molecule has 94 valence electrons. The lowest BCUT2D eigenvalue weighted by Crippen LogP contribution is -2.28. The Kier molecular flexibility index (Phi) is 4.13. The summed E-state index contributed by atoms with van der Waals surface area (Å²) in [6.45, 7) is 3.99. The van der Waals surface area contributed by atoms with Gasteiger partial charge in [0.15, 0.2) is 0 Å². The molecule has 0 radical (unpaired) electrons. The second kappa shape index (κ2) is 5.61. The van der Waals surface area contributed by atoms with Crippen LogP contribution in [0, 0.1) is 5.82 Å². The predicted octanol–water partition coefficient (Wildman–Crippen LogP) is 2.73. The van der Waals surface area contributed by atoms with E-state index in [-0.39, 0.29) is 5.82 Å². The van der Waals surface area contributed by atoms with Gasteiger partial charge in [0.05, 0.1) is 6.10 Å². The highest BCUT2D eigenvalue weighted by Gasteiger charge is 2.28. The fourth-order valence-corrected chi connectivity index (χ4v) is 2.23. The number of halogens is 1. The highest BCUT2D eigenvalue weighted by molar-refractivity contribution is 5.19. The van der Waals surface area contributed by atoms with Crippen LogP contribution in [0.4, 0.5) is 4.39 Å². The van der Waals surface area contributed by atoms with Gasteiger partial charge in [0.1, 0.15) is 5.82 Å². The first kappa shape index (κ1) is 12.5. The second-order valence-electron chi connectivity index (χ2n) is 4.69. The van der Waals surface area contributed by atoms with Crippen molar-refractivity contribution in [3.63, 3.8) is 0 Å². The van der Waals surface area contributed by atoms with Gasteiger partial charge < -0.3 is 10.0 Å². The standard InChI is InChI=1S/C14H20FNO/c1-2-16(11-7-8-11)10-9-14(17)12-5-3-4-6-13(12)15/h3-6,11,14,17H,2,7-10H2,1H3. The van der Waals surface area contributed by atoms with Crippen molar-refractivity contribution in [1.82, 2.24) is 4.90 Å². The summed E-state index contributed by atoms with van der Waals surface area (Å²) < 4.78 is 13.4. The van der Waals surface area contributed by atoms with Gasteiger partial charge in [-0.25, -0.2) is 4.39 Å². The molecule has 1 saturated carbocycles. The Morgan fingerprint density at radius 1 is 1.41 bits per heavy atom. The van der Waals surface area contributed by atoms with Crippen LogP contribution in [0.1, 0.15) is 37.9 Å². The predicted molar refractivity (Wildman–Crippen MR) is 66.2 cm³/mol. The SMILES string of the molecule is CCN(CCC(O)c1ccccc1F)C1CC1. The Hall–Kier alpha value is -0.930. The molecule has 0 spiro atoms. The molecule has 1 fully saturated rings. The molecule has 3 heteroatoms. The average Bonchev–Trinajstić information content (AvgIpc) is 3.14. The lowest BCUT2D eigenvalue weighted by Gasteiger charge is -2.21. The van der Waals surface area contributed by atoms with Crippen molar-refractivity contribution in [2.45, 2.75) is 38.3 Å². The third-order valence-electron chi connectivity index (χ3n) is 3.42. The Morgan fingerprint density at radius 2 is 2.12 bits per heavy atom. The molecule has 1 aliphatic rings. The molecule has 2 nitrogen and oxygen atoms in total. The van der Waals surface area contributed by atoms with Crippen LogP contribution >= 0.6 is 0 Å². The molecule has 1 unspecified atom stereocenters. The van der Waals surface area contributed by atoms with E-state index in [1.807, 2.05) is 0 Å². The van der Waals surface area contributed by atoms with Gasteiger partial charge in [-0.15, -0.1) is 0 Å². The van der Waals surface area contributed by atoms with Crippen LogP contribution in [-0.2, 0) is 0 Å². The number of rotatable bonds is 6. The third kappa shape index (κ3) is 3.27. The summed E-state index contributed by atoms with van der Waals surface area (Å²) in [5, 5.41) is 9.98. The van der Waals surface area contributed by atoms with E-state index in [9.17, 15) is 9.50 Å². The van der Waals surface area contributed by atoms with E-state index >= 15 is 0 Å². The fourth-order valence-electron chi connectivity index (χ4n) is 2.23. The summed E-state index contributed by atoms with van der Waals surface area (Å²) in [5.74, 6) is -0.311. The quantitative estimate of drug-likeness (QED) is 0.822. The Balaban J connectivity index is 1.88. The largest absolute Gasteiger partial charge is 0.388 e. The van der Waals surface area contributed by atoms with Gasteiger partial charge >= 0.3 is 0 Å². The Labute approximate surface area is 102 Å². The molecule has 0 amide bonds. The molecule has 0 heterocycles. The first-order valence-electron chi connectivity index (χ1n) is 6.39. The molecule has 0 aliphatic heterocycles. The number of hydrogen-bond acceptors (Lipinski definition) is 2. The van der Waals surface area contributed by atoms with Crippen LogP contribution in [0.3, 0.4) is 0 Å². The highest BCUT2D eigenvalue weighted by atomic mass is 19.1. The second-order valence-corrected chi connectivity index (χ2v) is 4.69. The van der Waals surface area contributed by atoms with Gasteiger partial charge in [0, 0.05) is 18.2 Å². The van der Waals surface area contributed by atoms with Gasteiger partial charge in [0.2, 0.25) is 0 Å². The highest BCUT2D eigenvalue weighted by Crippen LogP contribution is 2.28. The van der Waals surface area contributed by atoms with Crippen molar-refractivity contribution in [3.8, 4) is 0 Å². The molecular weight excluding hydrogens is 217 g/mol. The average molecular weight is 237 g/mol. The fraction of sp³-hybridized carbons (Fsp3) is 0.571. The molecule has 0 bridgehead atoms. The van der Waals surface area contributed by atoms with E-state index in [1.54, 1.807) is 18.2 Å². The minimum absolute atomic E-state index is 0.311. The molecule has 1 atom stereocenters. The molecule has 17 heavy (non-hydrogen) atoms. The maximum atomic E-state index is 13.4. The smallest absolute Gasteiger partial charge is 0.128 e. The van der Waals surface area contributed by atoms with Gasteiger partial charge in [0.25, 0.3) is 0 Å². The lowest BCUT2D eigenvalue weighted by atomic mass is 10.1. The summed E-state index contributed by atoms with van der Waals surface area (Å²) >= 11 is 0. The van der Waals surface area contributed by atoms with Crippen molar-refractivity contribution in [1.29, 1.82) is 0 Å². The number of nitrogens with zero attached hydrogens (tertiary/aromatic N) is 1. The van der Waals surface area contributed by atoms with Gasteiger partial charge in [-0.2, -0.15) is 0 Å². The molecule has 0 aromatic heterocycles. The first-order chi connectivity index (χ1) is 8.22. The number of hydrogen-bond donors (Lipinski definition) is 1. The van der Waals surface area contributed by atoms with Crippen LogP contribution in [0.25, 0.3) is 0 Å². The monoisotopic (exact) mass is 237 g/mol. The van der Waals surface area contributed by atoms with E-state index in [0.717, 1.165) is 13.1 Å². The van der Waals surface area contributed by atoms with E-state index in [2.05, 4.69) is 11.8 Å². The zero-order valence-corrected chi connectivity index (χ0v) is 10.3. The van der Waals surface area contributed by atoms with Crippen LogP contribution in [0.15, 0.2) is 24.3 Å². The molecule has 1 aromatic carbocycles. The zero-order valence-electron chi connectivity index (χ0n) is 10.3. The van der Waals surface area contributed by atoms with Crippen molar-refractivity contribution < 1.29 is 9.50 Å². The molecule has 1 aliphatic carbocycles. The maximum Gasteiger partial charge on any atom is 0.128 e. The van der Waals surface area contributed by atoms with Crippen molar-refractivity contribution in [3.05, 3.63) is 35.6 Å². The number of aliphatic hydroxyl groups excluding tert-OH is 1.